The summed E-state index contributed by atoms with van der Waals surface area (Å²) in [6, 6.07) is 4.08. The van der Waals surface area contributed by atoms with Crippen LogP contribution in [-0.2, 0) is 0 Å². The Bertz CT molecular complexity index is 596. The third-order valence-corrected chi connectivity index (χ3v) is 2.36. The van der Waals surface area contributed by atoms with Gasteiger partial charge in [-0.05, 0) is 6.07 Å². The molecule has 0 radical (unpaired) electrons. The predicted molar refractivity (Wildman–Crippen MR) is 64.8 cm³/mol. The molecule has 4 nitrogen and oxygen atoms in total. The minimum atomic E-state index is -1.08. The quantitative estimate of drug-likeness (QED) is 0.899. The Morgan fingerprint density at radius 3 is 2.37 bits per heavy atom. The van der Waals surface area contributed by atoms with Crippen LogP contribution in [0.4, 0.5) is 30.4 Å². The van der Waals surface area contributed by atoms with Crippen LogP contribution < -0.4 is 15.8 Å². The fraction of sp³-hybridized carbons (Fsp3) is 0.0833. The molecule has 0 aliphatic rings. The molecular weight excluding hydrogens is 259 g/mol. The zero-order valence-corrected chi connectivity index (χ0v) is 9.88. The molecule has 3 N–H and O–H groups in total. The number of benzene rings is 1. The summed E-state index contributed by atoms with van der Waals surface area (Å²) < 4.78 is 44.6. The first-order valence-electron chi connectivity index (χ1n) is 5.23. The van der Waals surface area contributed by atoms with Crippen molar-refractivity contribution in [1.82, 2.24) is 4.98 Å². The molecular formula is C12H10F3N3O. The van der Waals surface area contributed by atoms with Crippen molar-refractivity contribution < 1.29 is 17.9 Å². The molecule has 19 heavy (non-hydrogen) atoms. The zero-order chi connectivity index (χ0) is 14.0. The number of nitrogen functional groups attached to an aromatic ring is 1. The van der Waals surface area contributed by atoms with Gasteiger partial charge < -0.3 is 15.8 Å². The molecule has 1 heterocycles. The topological polar surface area (TPSA) is 60.2 Å². The van der Waals surface area contributed by atoms with E-state index in [1.165, 1.54) is 19.2 Å². The number of hydrogen-bond donors (Lipinski definition) is 2. The number of methoxy groups -OCH3 is 1. The van der Waals surface area contributed by atoms with Gasteiger partial charge in [0.25, 0.3) is 0 Å². The van der Waals surface area contributed by atoms with Gasteiger partial charge in [0.2, 0.25) is 5.88 Å². The minimum absolute atomic E-state index is 0.0174. The summed E-state index contributed by atoms with van der Waals surface area (Å²) in [6.07, 6.45) is 0. The summed E-state index contributed by atoms with van der Waals surface area (Å²) >= 11 is 0. The highest BCUT2D eigenvalue weighted by atomic mass is 19.1. The van der Waals surface area contributed by atoms with E-state index in [1.807, 2.05) is 0 Å². The Labute approximate surface area is 107 Å². The van der Waals surface area contributed by atoms with Crippen molar-refractivity contribution in [3.63, 3.8) is 0 Å². The number of anilines is 3. The normalized spacial score (nSPS) is 10.3. The Hall–Kier alpha value is -2.44. The lowest BCUT2D eigenvalue weighted by Gasteiger charge is -2.11. The molecule has 2 rings (SSSR count). The van der Waals surface area contributed by atoms with E-state index in [2.05, 4.69) is 10.3 Å². The molecule has 0 aliphatic carbocycles. The highest BCUT2D eigenvalue weighted by Gasteiger charge is 2.14. The van der Waals surface area contributed by atoms with E-state index in [0.29, 0.717) is 12.1 Å². The number of rotatable bonds is 3. The maximum absolute atomic E-state index is 13.5. The molecule has 100 valence electrons. The maximum Gasteiger partial charge on any atom is 0.215 e. The molecule has 1 aromatic heterocycles. The molecule has 0 unspecified atom stereocenters. The SMILES string of the molecule is COc1ccc(N)c(Nc2c(F)cc(F)cc2F)n1. The van der Waals surface area contributed by atoms with E-state index >= 15 is 0 Å². The van der Waals surface area contributed by atoms with Gasteiger partial charge in [0, 0.05) is 18.2 Å². The van der Waals surface area contributed by atoms with Crippen molar-refractivity contribution in [3.05, 3.63) is 41.7 Å². The van der Waals surface area contributed by atoms with Crippen molar-refractivity contribution in [3.8, 4) is 5.88 Å². The average Bonchev–Trinajstić information content (AvgIpc) is 2.35. The number of nitrogens with zero attached hydrogens (tertiary/aromatic N) is 1. The predicted octanol–water partition coefficient (Wildman–Crippen LogP) is 2.83. The number of aromatic nitrogens is 1. The van der Waals surface area contributed by atoms with E-state index in [4.69, 9.17) is 10.5 Å². The van der Waals surface area contributed by atoms with Crippen molar-refractivity contribution in [2.45, 2.75) is 0 Å². The fourth-order valence-corrected chi connectivity index (χ4v) is 1.45. The lowest BCUT2D eigenvalue weighted by atomic mass is 10.2. The molecule has 0 spiro atoms. The minimum Gasteiger partial charge on any atom is -0.481 e. The first kappa shape index (κ1) is 13.0. The van der Waals surface area contributed by atoms with Crippen LogP contribution in [0.1, 0.15) is 0 Å². The number of halogens is 3. The molecule has 0 saturated carbocycles. The lowest BCUT2D eigenvalue weighted by Crippen LogP contribution is -2.04. The molecule has 0 atom stereocenters. The summed E-state index contributed by atoms with van der Waals surface area (Å²) in [4.78, 5) is 3.91. The fourth-order valence-electron chi connectivity index (χ4n) is 1.45. The molecule has 0 fully saturated rings. The molecule has 2 aromatic rings. The largest absolute Gasteiger partial charge is 0.481 e. The molecule has 0 saturated heterocycles. The third-order valence-electron chi connectivity index (χ3n) is 2.36. The van der Waals surface area contributed by atoms with Crippen LogP contribution in [0.2, 0.25) is 0 Å². The van der Waals surface area contributed by atoms with Crippen molar-refractivity contribution in [1.29, 1.82) is 0 Å². The van der Waals surface area contributed by atoms with Gasteiger partial charge in [-0.15, -0.1) is 0 Å². The Balaban J connectivity index is 2.41. The van der Waals surface area contributed by atoms with Gasteiger partial charge in [-0.1, -0.05) is 0 Å². The monoisotopic (exact) mass is 269 g/mol. The number of nitrogens with one attached hydrogen (secondary N) is 1. The van der Waals surface area contributed by atoms with E-state index < -0.39 is 23.1 Å². The molecule has 0 aliphatic heterocycles. The highest BCUT2D eigenvalue weighted by Crippen LogP contribution is 2.27. The van der Waals surface area contributed by atoms with Gasteiger partial charge in [-0.2, -0.15) is 4.98 Å². The summed E-state index contributed by atoms with van der Waals surface area (Å²) in [5.74, 6) is -2.93. The van der Waals surface area contributed by atoms with Crippen LogP contribution in [0.5, 0.6) is 5.88 Å². The molecule has 0 bridgehead atoms. The Morgan fingerprint density at radius 2 is 1.79 bits per heavy atom. The van der Waals surface area contributed by atoms with E-state index in [-0.39, 0.29) is 17.4 Å². The van der Waals surface area contributed by atoms with Crippen LogP contribution in [0.15, 0.2) is 24.3 Å². The van der Waals surface area contributed by atoms with Crippen molar-refractivity contribution in [2.75, 3.05) is 18.2 Å². The number of pyridine rings is 1. The summed E-state index contributed by atoms with van der Waals surface area (Å²) in [5, 5.41) is 2.38. The molecule has 0 amide bonds. The molecule has 7 heteroatoms. The van der Waals surface area contributed by atoms with Crippen LogP contribution in [-0.4, -0.2) is 12.1 Å². The van der Waals surface area contributed by atoms with E-state index in [9.17, 15) is 13.2 Å². The van der Waals surface area contributed by atoms with Crippen molar-refractivity contribution >= 4 is 17.2 Å². The maximum atomic E-state index is 13.5. The standard InChI is InChI=1S/C12H10F3N3O/c1-19-10-3-2-9(16)12(17-10)18-11-7(14)4-6(13)5-8(11)15/h2-5H,16H2,1H3,(H,17,18). The van der Waals surface area contributed by atoms with Crippen LogP contribution in [0.3, 0.4) is 0 Å². The lowest BCUT2D eigenvalue weighted by molar-refractivity contribution is 0.398. The first-order valence-corrected chi connectivity index (χ1v) is 5.23. The van der Waals surface area contributed by atoms with Crippen molar-refractivity contribution in [2.24, 2.45) is 0 Å². The van der Waals surface area contributed by atoms with Gasteiger partial charge in [-0.25, -0.2) is 13.2 Å². The van der Waals surface area contributed by atoms with Gasteiger partial charge in [0.05, 0.1) is 12.8 Å². The second-order valence-electron chi connectivity index (χ2n) is 3.66. The highest BCUT2D eigenvalue weighted by molar-refractivity contribution is 5.69. The van der Waals surface area contributed by atoms with Gasteiger partial charge in [0.1, 0.15) is 11.5 Å². The zero-order valence-electron chi connectivity index (χ0n) is 9.88. The smallest absolute Gasteiger partial charge is 0.215 e. The summed E-state index contributed by atoms with van der Waals surface area (Å²) in [7, 11) is 1.39. The first-order chi connectivity index (χ1) is 9.01. The number of nitrogens with two attached hydrogens (primary N) is 1. The van der Waals surface area contributed by atoms with Crippen LogP contribution in [0.25, 0.3) is 0 Å². The second kappa shape index (κ2) is 5.05. The Morgan fingerprint density at radius 1 is 1.16 bits per heavy atom. The second-order valence-corrected chi connectivity index (χ2v) is 3.66. The van der Waals surface area contributed by atoms with Gasteiger partial charge in [-0.3, -0.25) is 0 Å². The van der Waals surface area contributed by atoms with Gasteiger partial charge in [0.15, 0.2) is 17.5 Å². The average molecular weight is 269 g/mol. The van der Waals surface area contributed by atoms with Crippen LogP contribution >= 0.6 is 0 Å². The van der Waals surface area contributed by atoms with Gasteiger partial charge >= 0.3 is 0 Å². The summed E-state index contributed by atoms with van der Waals surface area (Å²) in [6.45, 7) is 0. The molecule has 1 aromatic carbocycles. The number of hydrogen-bond acceptors (Lipinski definition) is 4. The summed E-state index contributed by atoms with van der Waals surface area (Å²) in [5.41, 5.74) is 5.26. The Kier molecular flexibility index (Phi) is 3.46. The number of ether oxygens (including phenoxy) is 1. The van der Waals surface area contributed by atoms with E-state index in [1.54, 1.807) is 0 Å². The van der Waals surface area contributed by atoms with E-state index in [0.717, 1.165) is 0 Å². The third kappa shape index (κ3) is 2.70. The van der Waals surface area contributed by atoms with Crippen LogP contribution in [0, 0.1) is 17.5 Å².